The van der Waals surface area contributed by atoms with Gasteiger partial charge in [-0.25, -0.2) is 9.07 Å². The molecule has 0 amide bonds. The predicted molar refractivity (Wildman–Crippen MR) is 73.3 cm³/mol. The van der Waals surface area contributed by atoms with Crippen molar-refractivity contribution in [2.24, 2.45) is 0 Å². The first-order valence-corrected chi connectivity index (χ1v) is 6.34. The number of methoxy groups -OCH3 is 1. The molecule has 0 bridgehead atoms. The fourth-order valence-corrected chi connectivity index (χ4v) is 1.67. The molecule has 2 aromatic rings. The second-order valence-corrected chi connectivity index (χ2v) is 5.06. The highest BCUT2D eigenvalue weighted by Crippen LogP contribution is 2.19. The van der Waals surface area contributed by atoms with Gasteiger partial charge in [-0.2, -0.15) is 0 Å². The fraction of sp³-hybridized carbons (Fsp3) is 0.462. The summed E-state index contributed by atoms with van der Waals surface area (Å²) in [6.07, 6.45) is 2.23. The van der Waals surface area contributed by atoms with Crippen molar-refractivity contribution in [1.29, 1.82) is 0 Å². The van der Waals surface area contributed by atoms with E-state index in [2.05, 4.69) is 20.8 Å². The Morgan fingerprint density at radius 1 is 1.40 bits per heavy atom. The van der Waals surface area contributed by atoms with E-state index in [9.17, 15) is 4.39 Å². The van der Waals surface area contributed by atoms with E-state index >= 15 is 0 Å². The Kier molecular flexibility index (Phi) is 4.29. The molecule has 0 unspecified atom stereocenters. The summed E-state index contributed by atoms with van der Waals surface area (Å²) in [7, 11) is 1.67. The third-order valence-corrected chi connectivity index (χ3v) is 3.16. The highest BCUT2D eigenvalue weighted by atomic mass is 19.1. The minimum atomic E-state index is -0.308. The number of hydrogen-bond donors (Lipinski definition) is 1. The molecule has 6 nitrogen and oxygen atoms in total. The molecule has 1 aromatic carbocycles. The van der Waals surface area contributed by atoms with Gasteiger partial charge in [0.05, 0.1) is 17.0 Å². The molecule has 2 rings (SSSR count). The molecule has 0 radical (unpaired) electrons. The van der Waals surface area contributed by atoms with Gasteiger partial charge >= 0.3 is 0 Å². The third-order valence-electron chi connectivity index (χ3n) is 3.16. The Labute approximate surface area is 116 Å². The summed E-state index contributed by atoms with van der Waals surface area (Å²) < 4.78 is 20.6. The maximum atomic E-state index is 13.8. The van der Waals surface area contributed by atoms with Gasteiger partial charge in [0.15, 0.2) is 0 Å². The number of tetrazole rings is 1. The number of anilines is 1. The zero-order valence-corrected chi connectivity index (χ0v) is 11.8. The molecule has 20 heavy (non-hydrogen) atoms. The van der Waals surface area contributed by atoms with Crippen LogP contribution in [0.1, 0.15) is 20.3 Å². The lowest BCUT2D eigenvalue weighted by atomic mass is 10.1. The van der Waals surface area contributed by atoms with E-state index in [-0.39, 0.29) is 11.4 Å². The molecule has 108 valence electrons. The van der Waals surface area contributed by atoms with E-state index in [0.29, 0.717) is 17.9 Å². The minimum absolute atomic E-state index is 0.239. The van der Waals surface area contributed by atoms with Gasteiger partial charge in [-0.1, -0.05) is 0 Å². The van der Waals surface area contributed by atoms with E-state index in [1.807, 2.05) is 13.8 Å². The number of hydrogen-bond acceptors (Lipinski definition) is 5. The van der Waals surface area contributed by atoms with Crippen LogP contribution in [0.2, 0.25) is 0 Å². The van der Waals surface area contributed by atoms with Crippen molar-refractivity contribution in [2.45, 2.75) is 25.9 Å². The minimum Gasteiger partial charge on any atom is -0.383 e. The van der Waals surface area contributed by atoms with Crippen molar-refractivity contribution in [3.05, 3.63) is 30.3 Å². The van der Waals surface area contributed by atoms with Gasteiger partial charge in [0.25, 0.3) is 0 Å². The smallest absolute Gasteiger partial charge is 0.146 e. The van der Waals surface area contributed by atoms with Crippen molar-refractivity contribution >= 4 is 5.69 Å². The first-order valence-electron chi connectivity index (χ1n) is 6.34. The van der Waals surface area contributed by atoms with Gasteiger partial charge in [0.1, 0.15) is 12.1 Å². The molecule has 0 saturated heterocycles. The molecule has 0 aliphatic rings. The van der Waals surface area contributed by atoms with Crippen LogP contribution >= 0.6 is 0 Å². The Hall–Kier alpha value is -2.02. The van der Waals surface area contributed by atoms with Crippen LogP contribution in [0.5, 0.6) is 0 Å². The van der Waals surface area contributed by atoms with Gasteiger partial charge in [0.2, 0.25) is 0 Å². The number of aromatic nitrogens is 4. The molecule has 0 aliphatic carbocycles. The summed E-state index contributed by atoms with van der Waals surface area (Å²) in [4.78, 5) is 0. The molecule has 0 spiro atoms. The highest BCUT2D eigenvalue weighted by molar-refractivity contribution is 5.51. The number of nitrogens with zero attached hydrogens (tertiary/aromatic N) is 4. The molecule has 1 N–H and O–H groups in total. The lowest BCUT2D eigenvalue weighted by Gasteiger charge is -2.23. The van der Waals surface area contributed by atoms with Crippen molar-refractivity contribution in [1.82, 2.24) is 20.2 Å². The molecule has 0 atom stereocenters. The Morgan fingerprint density at radius 2 is 2.20 bits per heavy atom. The number of rotatable bonds is 6. The standard InChI is InChI=1S/C13H18FN5O/c1-13(2,20-3)6-7-15-12-8-10(4-5-11(12)14)19-9-16-17-18-19/h4-5,8-9,15H,6-7H2,1-3H3. The zero-order chi connectivity index (χ0) is 14.6. The number of ether oxygens (including phenoxy) is 1. The topological polar surface area (TPSA) is 64.9 Å². The van der Waals surface area contributed by atoms with Crippen LogP contribution < -0.4 is 5.32 Å². The predicted octanol–water partition coefficient (Wildman–Crippen LogP) is 2.03. The van der Waals surface area contributed by atoms with E-state index in [0.717, 1.165) is 6.42 Å². The summed E-state index contributed by atoms with van der Waals surface area (Å²) in [6.45, 7) is 4.59. The van der Waals surface area contributed by atoms with Crippen LogP contribution in [-0.4, -0.2) is 39.5 Å². The van der Waals surface area contributed by atoms with Crippen LogP contribution in [0.15, 0.2) is 24.5 Å². The van der Waals surface area contributed by atoms with Gasteiger partial charge in [-0.05, 0) is 48.9 Å². The second kappa shape index (κ2) is 5.96. The Bertz CT molecular complexity index is 556. The lowest BCUT2D eigenvalue weighted by molar-refractivity contribution is 0.0185. The van der Waals surface area contributed by atoms with E-state index in [1.54, 1.807) is 19.2 Å². The van der Waals surface area contributed by atoms with Crippen molar-refractivity contribution < 1.29 is 9.13 Å². The lowest BCUT2D eigenvalue weighted by Crippen LogP contribution is -2.25. The Balaban J connectivity index is 2.06. The maximum Gasteiger partial charge on any atom is 0.146 e. The number of halogens is 1. The van der Waals surface area contributed by atoms with Gasteiger partial charge < -0.3 is 10.1 Å². The SMILES string of the molecule is COC(C)(C)CCNc1cc(-n2cnnn2)ccc1F. The van der Waals surface area contributed by atoms with Crippen LogP contribution in [0.3, 0.4) is 0 Å². The van der Waals surface area contributed by atoms with Crippen molar-refractivity contribution in [3.8, 4) is 5.69 Å². The average molecular weight is 279 g/mol. The third kappa shape index (κ3) is 3.51. The van der Waals surface area contributed by atoms with Crippen LogP contribution in [0, 0.1) is 5.82 Å². The molecule has 1 heterocycles. The molecule has 0 fully saturated rings. The summed E-state index contributed by atoms with van der Waals surface area (Å²) >= 11 is 0. The normalized spacial score (nSPS) is 11.6. The Morgan fingerprint density at radius 3 is 2.85 bits per heavy atom. The average Bonchev–Trinajstić information content (AvgIpc) is 2.95. The van der Waals surface area contributed by atoms with Crippen LogP contribution in [-0.2, 0) is 4.74 Å². The first-order chi connectivity index (χ1) is 9.52. The largest absolute Gasteiger partial charge is 0.383 e. The van der Waals surface area contributed by atoms with E-state index in [4.69, 9.17) is 4.74 Å². The summed E-state index contributed by atoms with van der Waals surface area (Å²) in [5.41, 5.74) is 0.881. The first kappa shape index (κ1) is 14.4. The summed E-state index contributed by atoms with van der Waals surface area (Å²) in [5.74, 6) is -0.308. The maximum absolute atomic E-state index is 13.8. The molecule has 1 aromatic heterocycles. The number of nitrogens with one attached hydrogen (secondary N) is 1. The van der Waals surface area contributed by atoms with Crippen molar-refractivity contribution in [2.75, 3.05) is 19.0 Å². The molecule has 0 aliphatic heterocycles. The zero-order valence-electron chi connectivity index (χ0n) is 11.8. The monoisotopic (exact) mass is 279 g/mol. The second-order valence-electron chi connectivity index (χ2n) is 5.06. The van der Waals surface area contributed by atoms with Gasteiger partial charge in [0, 0.05) is 13.7 Å². The summed E-state index contributed by atoms with van der Waals surface area (Å²) in [6, 6.07) is 4.68. The van der Waals surface area contributed by atoms with E-state index in [1.165, 1.54) is 17.1 Å². The highest BCUT2D eigenvalue weighted by Gasteiger charge is 2.15. The molecular formula is C13H18FN5O. The van der Waals surface area contributed by atoms with Crippen LogP contribution in [0.4, 0.5) is 10.1 Å². The van der Waals surface area contributed by atoms with E-state index < -0.39 is 0 Å². The van der Waals surface area contributed by atoms with Crippen LogP contribution in [0.25, 0.3) is 5.69 Å². The quantitative estimate of drug-likeness (QED) is 0.876. The summed E-state index contributed by atoms with van der Waals surface area (Å²) in [5, 5.41) is 14.0. The molecular weight excluding hydrogens is 261 g/mol. The fourth-order valence-electron chi connectivity index (χ4n) is 1.67. The number of benzene rings is 1. The molecule has 7 heteroatoms. The molecule has 0 saturated carbocycles. The van der Waals surface area contributed by atoms with Crippen molar-refractivity contribution in [3.63, 3.8) is 0 Å². The van der Waals surface area contributed by atoms with Gasteiger partial charge in [-0.15, -0.1) is 5.10 Å². The van der Waals surface area contributed by atoms with Gasteiger partial charge in [-0.3, -0.25) is 0 Å².